The van der Waals surface area contributed by atoms with E-state index in [1.807, 2.05) is 30.3 Å². The van der Waals surface area contributed by atoms with Gasteiger partial charge in [-0.15, -0.1) is 0 Å². The molecular weight excluding hydrogens is 328 g/mol. The molecule has 0 N–H and O–H groups in total. The SMILES string of the molecule is CC(C)C(C)C(C)c1ccc(-c2ccccc2)c(/C=C/S(C)(=O)=O)c1. The summed E-state index contributed by atoms with van der Waals surface area (Å²) in [5, 5.41) is 1.29. The Balaban J connectivity index is 2.53. The Morgan fingerprint density at radius 1 is 0.920 bits per heavy atom. The molecule has 0 aliphatic rings. The summed E-state index contributed by atoms with van der Waals surface area (Å²) in [5.41, 5.74) is 4.33. The number of hydrogen-bond donors (Lipinski definition) is 0. The number of benzene rings is 2. The highest BCUT2D eigenvalue weighted by molar-refractivity contribution is 7.93. The minimum Gasteiger partial charge on any atom is -0.225 e. The van der Waals surface area contributed by atoms with Crippen LogP contribution in [-0.4, -0.2) is 14.7 Å². The van der Waals surface area contributed by atoms with Gasteiger partial charge in [-0.3, -0.25) is 0 Å². The molecule has 25 heavy (non-hydrogen) atoms. The van der Waals surface area contributed by atoms with Crippen LogP contribution in [0.25, 0.3) is 17.2 Å². The van der Waals surface area contributed by atoms with Gasteiger partial charge in [-0.05, 0) is 46.1 Å². The van der Waals surface area contributed by atoms with Gasteiger partial charge in [0.05, 0.1) is 0 Å². The maximum atomic E-state index is 11.6. The molecule has 2 rings (SSSR count). The van der Waals surface area contributed by atoms with E-state index < -0.39 is 9.84 Å². The van der Waals surface area contributed by atoms with E-state index in [0.29, 0.717) is 17.8 Å². The normalized spacial score (nSPS) is 14.8. The highest BCUT2D eigenvalue weighted by Gasteiger charge is 2.18. The molecule has 0 saturated carbocycles. The molecule has 2 nitrogen and oxygen atoms in total. The smallest absolute Gasteiger partial charge is 0.168 e. The van der Waals surface area contributed by atoms with Crippen molar-refractivity contribution in [3.63, 3.8) is 0 Å². The van der Waals surface area contributed by atoms with Crippen LogP contribution in [0, 0.1) is 11.8 Å². The van der Waals surface area contributed by atoms with Crippen molar-refractivity contribution in [2.45, 2.75) is 33.6 Å². The van der Waals surface area contributed by atoms with Crippen molar-refractivity contribution in [3.05, 3.63) is 65.1 Å². The average molecular weight is 357 g/mol. The molecule has 0 saturated heterocycles. The van der Waals surface area contributed by atoms with Crippen molar-refractivity contribution in [3.8, 4) is 11.1 Å². The van der Waals surface area contributed by atoms with Crippen molar-refractivity contribution in [1.29, 1.82) is 0 Å². The fourth-order valence-electron chi connectivity index (χ4n) is 2.96. The van der Waals surface area contributed by atoms with Gasteiger partial charge in [0.15, 0.2) is 9.84 Å². The fourth-order valence-corrected chi connectivity index (χ4v) is 3.35. The first-order chi connectivity index (χ1) is 11.7. The largest absolute Gasteiger partial charge is 0.225 e. The monoisotopic (exact) mass is 356 g/mol. The molecule has 3 heteroatoms. The molecule has 0 aliphatic carbocycles. The van der Waals surface area contributed by atoms with Gasteiger partial charge < -0.3 is 0 Å². The van der Waals surface area contributed by atoms with Gasteiger partial charge >= 0.3 is 0 Å². The Kier molecular flexibility index (Phi) is 6.23. The Hall–Kier alpha value is -1.87. The van der Waals surface area contributed by atoms with Gasteiger partial charge in [0.2, 0.25) is 0 Å². The summed E-state index contributed by atoms with van der Waals surface area (Å²) < 4.78 is 23.2. The van der Waals surface area contributed by atoms with Crippen molar-refractivity contribution in [2.24, 2.45) is 11.8 Å². The van der Waals surface area contributed by atoms with E-state index in [1.54, 1.807) is 6.08 Å². The summed E-state index contributed by atoms with van der Waals surface area (Å²) in [4.78, 5) is 0. The van der Waals surface area contributed by atoms with E-state index in [2.05, 4.69) is 45.9 Å². The van der Waals surface area contributed by atoms with E-state index in [-0.39, 0.29) is 0 Å². The Morgan fingerprint density at radius 3 is 2.12 bits per heavy atom. The predicted octanol–water partition coefficient (Wildman–Crippen LogP) is 5.76. The third-order valence-electron chi connectivity index (χ3n) is 5.02. The molecule has 0 aliphatic heterocycles. The standard InChI is InChI=1S/C22H28O2S/c1-16(2)17(3)18(4)20-11-12-22(19-9-7-6-8-10-19)21(15-20)13-14-25(5,23)24/h6-18H,1-5H3/b14-13+. The Bertz CT molecular complexity index is 834. The summed E-state index contributed by atoms with van der Waals surface area (Å²) >= 11 is 0. The maximum Gasteiger partial charge on any atom is 0.168 e. The lowest BCUT2D eigenvalue weighted by molar-refractivity contribution is 0.362. The molecule has 0 aromatic heterocycles. The molecule has 0 amide bonds. The lowest BCUT2D eigenvalue weighted by Gasteiger charge is -2.24. The summed E-state index contributed by atoms with van der Waals surface area (Å²) in [5.74, 6) is 1.56. The second kappa shape index (κ2) is 8.01. The van der Waals surface area contributed by atoms with Gasteiger partial charge in [-0.25, -0.2) is 8.42 Å². The van der Waals surface area contributed by atoms with Crippen LogP contribution in [0.15, 0.2) is 53.9 Å². The quantitative estimate of drug-likeness (QED) is 0.659. The molecule has 134 valence electrons. The molecule has 2 aromatic rings. The van der Waals surface area contributed by atoms with Crippen molar-refractivity contribution in [1.82, 2.24) is 0 Å². The van der Waals surface area contributed by atoms with Crippen LogP contribution < -0.4 is 0 Å². The lowest BCUT2D eigenvalue weighted by Crippen LogP contribution is -2.12. The maximum absolute atomic E-state index is 11.6. The van der Waals surface area contributed by atoms with Gasteiger partial charge in [-0.2, -0.15) is 0 Å². The van der Waals surface area contributed by atoms with E-state index in [4.69, 9.17) is 0 Å². The van der Waals surface area contributed by atoms with Gasteiger partial charge in [-0.1, -0.05) is 76.2 Å². The van der Waals surface area contributed by atoms with Gasteiger partial charge in [0, 0.05) is 11.7 Å². The predicted molar refractivity (Wildman–Crippen MR) is 108 cm³/mol. The number of rotatable bonds is 6. The van der Waals surface area contributed by atoms with Crippen molar-refractivity contribution in [2.75, 3.05) is 6.26 Å². The molecule has 0 heterocycles. The molecule has 0 fully saturated rings. The zero-order chi connectivity index (χ0) is 18.6. The molecule has 2 atom stereocenters. The van der Waals surface area contributed by atoms with Crippen LogP contribution in [0.5, 0.6) is 0 Å². The van der Waals surface area contributed by atoms with E-state index in [0.717, 1.165) is 16.7 Å². The van der Waals surface area contributed by atoms with Crippen LogP contribution in [0.1, 0.15) is 44.7 Å². The molecule has 2 unspecified atom stereocenters. The lowest BCUT2D eigenvalue weighted by atomic mass is 9.81. The minimum atomic E-state index is -3.16. The highest BCUT2D eigenvalue weighted by atomic mass is 32.2. The van der Waals surface area contributed by atoms with Crippen LogP contribution in [-0.2, 0) is 9.84 Å². The van der Waals surface area contributed by atoms with Crippen LogP contribution in [0.4, 0.5) is 0 Å². The topological polar surface area (TPSA) is 34.1 Å². The summed E-state index contributed by atoms with van der Waals surface area (Å²) in [6, 6.07) is 16.5. The Morgan fingerprint density at radius 2 is 1.56 bits per heavy atom. The molecular formula is C22H28O2S. The highest BCUT2D eigenvalue weighted by Crippen LogP contribution is 2.33. The molecule has 2 aromatic carbocycles. The van der Waals surface area contributed by atoms with Gasteiger partial charge in [0.25, 0.3) is 0 Å². The van der Waals surface area contributed by atoms with Crippen LogP contribution >= 0.6 is 0 Å². The van der Waals surface area contributed by atoms with E-state index in [9.17, 15) is 8.42 Å². The second-order valence-corrected chi connectivity index (χ2v) is 9.17. The summed E-state index contributed by atoms with van der Waals surface area (Å²) in [6.45, 7) is 8.99. The third-order valence-corrected chi connectivity index (χ3v) is 5.65. The fraction of sp³-hybridized carbons (Fsp3) is 0.364. The molecule has 0 bridgehead atoms. The number of hydrogen-bond acceptors (Lipinski definition) is 2. The Labute approximate surface area is 152 Å². The van der Waals surface area contributed by atoms with Crippen LogP contribution in [0.3, 0.4) is 0 Å². The first-order valence-corrected chi connectivity index (χ1v) is 10.7. The molecule has 0 spiro atoms. The zero-order valence-corrected chi connectivity index (χ0v) is 16.5. The summed E-state index contributed by atoms with van der Waals surface area (Å²) in [6.07, 6.45) is 2.94. The third kappa shape index (κ3) is 5.30. The summed E-state index contributed by atoms with van der Waals surface area (Å²) in [7, 11) is -3.16. The van der Waals surface area contributed by atoms with Crippen molar-refractivity contribution < 1.29 is 8.42 Å². The first kappa shape index (κ1) is 19.5. The van der Waals surface area contributed by atoms with E-state index >= 15 is 0 Å². The number of sulfone groups is 1. The molecule has 0 radical (unpaired) electrons. The minimum absolute atomic E-state index is 0.412. The first-order valence-electron chi connectivity index (χ1n) is 8.76. The second-order valence-electron chi connectivity index (χ2n) is 7.24. The average Bonchev–Trinajstić information content (AvgIpc) is 2.58. The van der Waals surface area contributed by atoms with E-state index in [1.165, 1.54) is 17.2 Å². The van der Waals surface area contributed by atoms with Crippen LogP contribution in [0.2, 0.25) is 0 Å². The zero-order valence-electron chi connectivity index (χ0n) is 15.7. The van der Waals surface area contributed by atoms with Crippen molar-refractivity contribution >= 4 is 15.9 Å². The van der Waals surface area contributed by atoms with Gasteiger partial charge in [0.1, 0.15) is 0 Å².